The van der Waals surface area contributed by atoms with Gasteiger partial charge >= 0.3 is 0 Å². The van der Waals surface area contributed by atoms with Crippen molar-refractivity contribution in [3.8, 4) is 11.3 Å². The van der Waals surface area contributed by atoms with Crippen molar-refractivity contribution in [3.63, 3.8) is 0 Å². The lowest BCUT2D eigenvalue weighted by atomic mass is 10.0. The van der Waals surface area contributed by atoms with Gasteiger partial charge in [0.05, 0.1) is 10.3 Å². The summed E-state index contributed by atoms with van der Waals surface area (Å²) in [5, 5.41) is 1.18. The van der Waals surface area contributed by atoms with Gasteiger partial charge in [-0.05, 0) is 18.6 Å². The van der Waals surface area contributed by atoms with E-state index in [0.717, 1.165) is 16.3 Å². The summed E-state index contributed by atoms with van der Waals surface area (Å²) in [6, 6.07) is 10.6. The number of aryl methyl sites for hydroxylation is 3. The van der Waals surface area contributed by atoms with Crippen molar-refractivity contribution in [1.82, 2.24) is 4.98 Å². The number of benzene rings is 1. The number of fused-ring (bicyclic) bond motifs is 3. The average molecular weight is 295 g/mol. The number of aromatic nitrogens is 2. The van der Waals surface area contributed by atoms with Crippen molar-refractivity contribution in [3.05, 3.63) is 48.0 Å². The first-order chi connectivity index (χ1) is 10.1. The van der Waals surface area contributed by atoms with Gasteiger partial charge in [-0.25, -0.2) is 9.55 Å². The highest BCUT2D eigenvalue weighted by molar-refractivity contribution is 7.25. The maximum atomic E-state index is 5.71. The molecule has 4 aromatic rings. The Hall–Kier alpha value is -2.20. The SMILES string of the molecule is Cc1nc2c(o1)sc1c(-c3cccc[n+]3C)c(C)ccc12. The first-order valence-corrected chi connectivity index (χ1v) is 7.71. The van der Waals surface area contributed by atoms with Crippen LogP contribution in [0.15, 0.2) is 40.9 Å². The van der Waals surface area contributed by atoms with Crippen LogP contribution in [0.3, 0.4) is 0 Å². The Morgan fingerprint density at radius 1 is 1.14 bits per heavy atom. The van der Waals surface area contributed by atoms with E-state index in [0.29, 0.717) is 0 Å². The minimum Gasteiger partial charge on any atom is -0.430 e. The largest absolute Gasteiger partial charge is 0.430 e. The second-order valence-electron chi connectivity index (χ2n) is 5.30. The summed E-state index contributed by atoms with van der Waals surface area (Å²) < 4.78 is 9.12. The second-order valence-corrected chi connectivity index (χ2v) is 6.29. The summed E-state index contributed by atoms with van der Waals surface area (Å²) in [5.41, 5.74) is 4.73. The summed E-state index contributed by atoms with van der Waals surface area (Å²) >= 11 is 1.68. The summed E-state index contributed by atoms with van der Waals surface area (Å²) in [5.74, 6) is 0.727. The maximum Gasteiger partial charge on any atom is 0.213 e. The number of hydrogen-bond acceptors (Lipinski definition) is 3. The molecule has 0 bridgehead atoms. The molecule has 3 nitrogen and oxygen atoms in total. The van der Waals surface area contributed by atoms with E-state index in [9.17, 15) is 0 Å². The Balaban J connectivity index is 2.15. The molecule has 0 atom stereocenters. The van der Waals surface area contributed by atoms with Crippen molar-refractivity contribution in [2.24, 2.45) is 7.05 Å². The average Bonchev–Trinajstić information content (AvgIpc) is 2.96. The highest BCUT2D eigenvalue weighted by atomic mass is 32.1. The number of nitrogens with zero attached hydrogens (tertiary/aromatic N) is 2. The molecule has 21 heavy (non-hydrogen) atoms. The smallest absolute Gasteiger partial charge is 0.213 e. The highest BCUT2D eigenvalue weighted by Gasteiger charge is 2.20. The van der Waals surface area contributed by atoms with E-state index < -0.39 is 0 Å². The van der Waals surface area contributed by atoms with Crippen molar-refractivity contribution in [1.29, 1.82) is 0 Å². The van der Waals surface area contributed by atoms with E-state index in [1.807, 2.05) is 13.0 Å². The lowest BCUT2D eigenvalue weighted by molar-refractivity contribution is -0.660. The topological polar surface area (TPSA) is 29.9 Å². The van der Waals surface area contributed by atoms with Crippen LogP contribution in [0.4, 0.5) is 0 Å². The predicted molar refractivity (Wildman–Crippen MR) is 85.5 cm³/mol. The molecule has 1 aromatic carbocycles. The third-order valence-electron chi connectivity index (χ3n) is 3.83. The Labute approximate surface area is 126 Å². The predicted octanol–water partition coefficient (Wildman–Crippen LogP) is 4.15. The van der Waals surface area contributed by atoms with Gasteiger partial charge in [-0.2, -0.15) is 0 Å². The van der Waals surface area contributed by atoms with Gasteiger partial charge < -0.3 is 4.42 Å². The van der Waals surface area contributed by atoms with Crippen molar-refractivity contribution in [2.75, 3.05) is 0 Å². The number of thiophene rings is 1. The van der Waals surface area contributed by atoms with E-state index in [1.165, 1.54) is 26.9 Å². The fraction of sp³-hybridized carbons (Fsp3) is 0.176. The van der Waals surface area contributed by atoms with Crippen molar-refractivity contribution < 1.29 is 8.98 Å². The molecule has 3 heterocycles. The second kappa shape index (κ2) is 4.40. The van der Waals surface area contributed by atoms with E-state index in [4.69, 9.17) is 4.42 Å². The van der Waals surface area contributed by atoms with Crippen LogP contribution in [-0.2, 0) is 7.05 Å². The number of oxazole rings is 1. The van der Waals surface area contributed by atoms with Gasteiger partial charge in [0.1, 0.15) is 12.6 Å². The van der Waals surface area contributed by atoms with Gasteiger partial charge in [0, 0.05) is 24.4 Å². The van der Waals surface area contributed by atoms with Crippen molar-refractivity contribution >= 4 is 31.8 Å². The Kier molecular flexibility index (Phi) is 2.62. The highest BCUT2D eigenvalue weighted by Crippen LogP contribution is 2.40. The number of rotatable bonds is 1. The summed E-state index contributed by atoms with van der Waals surface area (Å²) in [4.78, 5) is 5.44. The van der Waals surface area contributed by atoms with Crippen LogP contribution in [-0.4, -0.2) is 4.98 Å². The zero-order chi connectivity index (χ0) is 14.6. The first-order valence-electron chi connectivity index (χ1n) is 6.89. The summed E-state index contributed by atoms with van der Waals surface area (Å²) in [7, 11) is 2.08. The number of hydrogen-bond donors (Lipinski definition) is 0. The molecule has 0 saturated carbocycles. The van der Waals surface area contributed by atoms with E-state index in [-0.39, 0.29) is 0 Å². The van der Waals surface area contributed by atoms with E-state index in [1.54, 1.807) is 11.3 Å². The molecule has 0 aliphatic heterocycles. The molecule has 0 fully saturated rings. The fourth-order valence-electron chi connectivity index (χ4n) is 2.82. The van der Waals surface area contributed by atoms with Crippen LogP contribution in [0.25, 0.3) is 31.8 Å². The summed E-state index contributed by atoms with van der Waals surface area (Å²) in [6.07, 6.45) is 2.08. The molecule has 0 spiro atoms. The summed E-state index contributed by atoms with van der Waals surface area (Å²) in [6.45, 7) is 4.05. The molecule has 0 N–H and O–H groups in total. The Morgan fingerprint density at radius 3 is 2.81 bits per heavy atom. The molecular formula is C17H15N2OS+. The molecule has 0 radical (unpaired) electrons. The lowest BCUT2D eigenvalue weighted by Gasteiger charge is -2.05. The van der Waals surface area contributed by atoms with Gasteiger partial charge in [0.2, 0.25) is 10.6 Å². The molecule has 104 valence electrons. The molecule has 0 amide bonds. The quantitative estimate of drug-likeness (QED) is 0.494. The minimum atomic E-state index is 0.727. The fourth-order valence-corrected chi connectivity index (χ4v) is 4.06. The van der Waals surface area contributed by atoms with Crippen LogP contribution < -0.4 is 4.57 Å². The standard InChI is InChI=1S/C17H15N2OS/c1-10-7-8-12-15-17(20-11(2)18-15)21-16(12)14(10)13-6-4-5-9-19(13)3/h4-9H,1-3H3/q+1. The van der Waals surface area contributed by atoms with Crippen LogP contribution in [0.1, 0.15) is 11.5 Å². The van der Waals surface area contributed by atoms with Gasteiger partial charge in [-0.3, -0.25) is 0 Å². The van der Waals surface area contributed by atoms with E-state index >= 15 is 0 Å². The third-order valence-corrected chi connectivity index (χ3v) is 4.92. The van der Waals surface area contributed by atoms with Gasteiger partial charge in [-0.15, -0.1) is 0 Å². The molecule has 4 heteroatoms. The first kappa shape index (κ1) is 12.5. The lowest BCUT2D eigenvalue weighted by Crippen LogP contribution is -2.30. The van der Waals surface area contributed by atoms with Crippen molar-refractivity contribution in [2.45, 2.75) is 13.8 Å². The third kappa shape index (κ3) is 1.79. The number of pyridine rings is 1. The molecule has 0 aliphatic carbocycles. The molecular weight excluding hydrogens is 280 g/mol. The molecule has 0 unspecified atom stereocenters. The van der Waals surface area contributed by atoms with Gasteiger partial charge in [-0.1, -0.05) is 23.5 Å². The van der Waals surface area contributed by atoms with Crippen LogP contribution >= 0.6 is 11.3 Å². The molecule has 0 aliphatic rings. The van der Waals surface area contributed by atoms with Crippen LogP contribution in [0.2, 0.25) is 0 Å². The Bertz CT molecular complexity index is 981. The Morgan fingerprint density at radius 2 is 2.00 bits per heavy atom. The maximum absolute atomic E-state index is 5.71. The monoisotopic (exact) mass is 295 g/mol. The minimum absolute atomic E-state index is 0.727. The molecule has 3 aromatic heterocycles. The zero-order valence-corrected chi connectivity index (χ0v) is 13.0. The normalized spacial score (nSPS) is 11.6. The van der Waals surface area contributed by atoms with Crippen LogP contribution in [0.5, 0.6) is 0 Å². The molecule has 0 saturated heterocycles. The van der Waals surface area contributed by atoms with Gasteiger partial charge in [0.15, 0.2) is 12.1 Å². The van der Waals surface area contributed by atoms with Gasteiger partial charge in [0.25, 0.3) is 0 Å². The van der Waals surface area contributed by atoms with Crippen LogP contribution in [0, 0.1) is 13.8 Å². The zero-order valence-electron chi connectivity index (χ0n) is 12.2. The molecule has 4 rings (SSSR count). The van der Waals surface area contributed by atoms with E-state index in [2.05, 4.69) is 54.0 Å².